The molecule has 0 aromatic carbocycles. The Morgan fingerprint density at radius 2 is 1.33 bits per heavy atom. The zero-order chi connectivity index (χ0) is 14.8. The Balaban J connectivity index is 0. The molecule has 0 radical (unpaired) electrons. The quantitative estimate of drug-likeness (QED) is 0.178. The van der Waals surface area contributed by atoms with Crippen LogP contribution in [0.25, 0.3) is 31.9 Å². The van der Waals surface area contributed by atoms with Gasteiger partial charge in [0.1, 0.15) is 0 Å². The third-order valence-electron chi connectivity index (χ3n) is 1.20. The fourth-order valence-electron chi connectivity index (χ4n) is 0.640. The van der Waals surface area contributed by atoms with Crippen LogP contribution < -0.4 is 0 Å². The highest BCUT2D eigenvalue weighted by molar-refractivity contribution is 8.17. The number of halogens is 1. The molecule has 0 amide bonds. The predicted octanol–water partition coefficient (Wildman–Crippen LogP) is 1.88. The van der Waals surface area contributed by atoms with Gasteiger partial charge < -0.3 is 22.1 Å². The largest absolute Gasteiger partial charge is 0.373 e. The van der Waals surface area contributed by atoms with E-state index in [0.717, 1.165) is 12.2 Å². The van der Waals surface area contributed by atoms with Crippen molar-refractivity contribution >= 4 is 31.3 Å². The summed E-state index contributed by atoms with van der Waals surface area (Å²) in [4.78, 5) is 23.8. The van der Waals surface area contributed by atoms with E-state index in [0.29, 0.717) is 6.08 Å². The van der Waals surface area contributed by atoms with Gasteiger partial charge in [-0.2, -0.15) is 0 Å². The van der Waals surface area contributed by atoms with Crippen LogP contribution in [0.15, 0.2) is 23.1 Å². The van der Waals surface area contributed by atoms with Crippen molar-refractivity contribution in [1.82, 2.24) is 0 Å². The second-order valence-electron chi connectivity index (χ2n) is 2.23. The average Bonchev–Trinajstić information content (AvgIpc) is 2.23. The zero-order valence-corrected chi connectivity index (χ0v) is 9.91. The van der Waals surface area contributed by atoms with Gasteiger partial charge in [-0.3, -0.25) is 19.4 Å². The Morgan fingerprint density at radius 3 is 1.61 bits per heavy atom. The summed E-state index contributed by atoms with van der Waals surface area (Å²) in [5.41, 5.74) is 27.0. The molecule has 0 saturated heterocycles. The summed E-state index contributed by atoms with van der Waals surface area (Å²) in [5.74, 6) is -1.63. The van der Waals surface area contributed by atoms with Crippen LogP contribution in [0.4, 0.5) is 0 Å². The van der Waals surface area contributed by atoms with Crippen LogP contribution in [0.5, 0.6) is 0 Å². The molecular formula is C6H3ClN6O4S-2. The molecule has 0 aromatic rings. The van der Waals surface area contributed by atoms with Gasteiger partial charge in [0.05, 0.1) is 4.91 Å². The maximum atomic E-state index is 10.7. The molecule has 1 rings (SSSR count). The van der Waals surface area contributed by atoms with Gasteiger partial charge in [-0.05, 0) is 12.2 Å². The molecule has 0 spiro atoms. The second-order valence-corrected chi connectivity index (χ2v) is 4.79. The molecule has 0 fully saturated rings. The van der Waals surface area contributed by atoms with Crippen molar-refractivity contribution in [3.8, 4) is 0 Å². The lowest BCUT2D eigenvalue weighted by Gasteiger charge is -1.99. The summed E-state index contributed by atoms with van der Waals surface area (Å²) in [6.07, 6.45) is 2.56. The molecule has 1 aliphatic carbocycles. The lowest BCUT2D eigenvalue weighted by molar-refractivity contribution is -0.131. The molecule has 1 aliphatic rings. The first-order valence-corrected chi connectivity index (χ1v) is 5.95. The van der Waals surface area contributed by atoms with E-state index in [2.05, 4.69) is 0 Å². The summed E-state index contributed by atoms with van der Waals surface area (Å²) in [6.45, 7) is 0. The molecule has 0 atom stereocenters. The van der Waals surface area contributed by atoms with E-state index in [1.807, 2.05) is 0 Å². The number of nitrogens with zero attached hydrogens (tertiary/aromatic N) is 6. The number of carbonyl (C=O) groups excluding carboxylic acids is 2. The lowest BCUT2D eigenvalue weighted by atomic mass is 10.1. The van der Waals surface area contributed by atoms with Gasteiger partial charge >= 0.3 is 0 Å². The monoisotopic (exact) mass is 290 g/mol. The van der Waals surface area contributed by atoms with E-state index in [9.17, 15) is 18.0 Å². The molecule has 96 valence electrons. The summed E-state index contributed by atoms with van der Waals surface area (Å²) >= 11 is 0. The standard InChI is InChI=1S/C6H3ClO4S.2N3/c7-12(10,11)4-1-2-5(8)6(9)3-4;2*1-3-2/h1-3H;;/q;2*-1. The topological polar surface area (TPSA) is 186 Å². The molecule has 18 heavy (non-hydrogen) atoms. The SMILES string of the molecule is O=C1C=CC(S(=O)(=O)Cl)=CC1=O.[N-]=[N+]=[N-].[N-]=[N+]=[N-]. The van der Waals surface area contributed by atoms with Crippen LogP contribution in [0, 0.1) is 0 Å². The first kappa shape index (κ1) is 18.1. The van der Waals surface area contributed by atoms with E-state index < -0.39 is 20.6 Å². The van der Waals surface area contributed by atoms with E-state index in [4.69, 9.17) is 32.8 Å². The van der Waals surface area contributed by atoms with Gasteiger partial charge in [0.15, 0.2) is 0 Å². The molecule has 0 saturated carbocycles. The molecule has 0 aromatic heterocycles. The van der Waals surface area contributed by atoms with Crippen molar-refractivity contribution in [2.75, 3.05) is 0 Å². The smallest absolute Gasteiger partial charge is 0.261 e. The minimum Gasteiger partial charge on any atom is -0.373 e. The lowest BCUT2D eigenvalue weighted by Crippen LogP contribution is -2.13. The van der Waals surface area contributed by atoms with E-state index in [-0.39, 0.29) is 4.91 Å². The Kier molecular flexibility index (Phi) is 8.82. The normalized spacial score (nSPS) is 12.8. The van der Waals surface area contributed by atoms with E-state index >= 15 is 0 Å². The summed E-state index contributed by atoms with van der Waals surface area (Å²) in [7, 11) is 1.01. The number of rotatable bonds is 1. The van der Waals surface area contributed by atoms with Gasteiger partial charge in [-0.15, -0.1) is 0 Å². The Bertz CT molecular complexity index is 553. The van der Waals surface area contributed by atoms with E-state index in [1.54, 1.807) is 0 Å². The molecule has 0 bridgehead atoms. The van der Waals surface area contributed by atoms with Gasteiger partial charge in [-0.25, -0.2) is 8.42 Å². The summed E-state index contributed by atoms with van der Waals surface area (Å²) in [5, 5.41) is 0. The third-order valence-corrected chi connectivity index (χ3v) is 2.55. The summed E-state index contributed by atoms with van der Waals surface area (Å²) in [6, 6.07) is 0. The molecular weight excluding hydrogens is 288 g/mol. The fraction of sp³-hybridized carbons (Fsp3) is 0. The Hall–Kier alpha value is -2.32. The predicted molar refractivity (Wildman–Crippen MR) is 62.2 cm³/mol. The maximum absolute atomic E-state index is 10.7. The van der Waals surface area contributed by atoms with Crippen LogP contribution in [0.1, 0.15) is 0 Å². The van der Waals surface area contributed by atoms with Gasteiger partial charge in [0.25, 0.3) is 9.05 Å². The minimum absolute atomic E-state index is 0.353. The Morgan fingerprint density at radius 1 is 0.944 bits per heavy atom. The highest BCUT2D eigenvalue weighted by atomic mass is 35.7. The summed E-state index contributed by atoms with van der Waals surface area (Å²) < 4.78 is 21.2. The van der Waals surface area contributed by atoms with Crippen molar-refractivity contribution in [1.29, 1.82) is 0 Å². The average molecular weight is 291 g/mol. The zero-order valence-electron chi connectivity index (χ0n) is 8.33. The number of carbonyl (C=O) groups is 2. The third kappa shape index (κ3) is 7.91. The number of hydrogen-bond acceptors (Lipinski definition) is 4. The van der Waals surface area contributed by atoms with Gasteiger partial charge in [0, 0.05) is 16.8 Å². The van der Waals surface area contributed by atoms with E-state index in [1.165, 1.54) is 9.82 Å². The van der Waals surface area contributed by atoms with Crippen LogP contribution in [0.2, 0.25) is 0 Å². The second kappa shape index (κ2) is 8.79. The number of allylic oxidation sites excluding steroid dienone is 3. The van der Waals surface area contributed by atoms with Crippen LogP contribution in [0.3, 0.4) is 0 Å². The van der Waals surface area contributed by atoms with Crippen molar-refractivity contribution in [2.45, 2.75) is 0 Å². The minimum atomic E-state index is -3.91. The molecule has 0 aliphatic heterocycles. The van der Waals surface area contributed by atoms with Crippen LogP contribution >= 0.6 is 10.7 Å². The molecule has 0 unspecified atom stereocenters. The highest BCUT2D eigenvalue weighted by Gasteiger charge is 2.20. The van der Waals surface area contributed by atoms with Crippen LogP contribution in [-0.2, 0) is 18.6 Å². The molecule has 0 heterocycles. The molecule has 10 nitrogen and oxygen atoms in total. The van der Waals surface area contributed by atoms with Crippen molar-refractivity contribution in [2.24, 2.45) is 0 Å². The first-order valence-electron chi connectivity index (χ1n) is 3.64. The molecule has 0 N–H and O–H groups in total. The Labute approximate surface area is 105 Å². The highest BCUT2D eigenvalue weighted by Crippen LogP contribution is 2.16. The molecule has 12 heteroatoms. The maximum Gasteiger partial charge on any atom is 0.261 e. The van der Waals surface area contributed by atoms with Gasteiger partial charge in [0.2, 0.25) is 11.6 Å². The first-order chi connectivity index (χ1) is 8.24. The van der Waals surface area contributed by atoms with Crippen molar-refractivity contribution < 1.29 is 18.0 Å². The van der Waals surface area contributed by atoms with Crippen LogP contribution in [-0.4, -0.2) is 20.0 Å². The van der Waals surface area contributed by atoms with Crippen molar-refractivity contribution in [3.63, 3.8) is 0 Å². The van der Waals surface area contributed by atoms with Gasteiger partial charge in [-0.1, -0.05) is 0 Å². The number of hydrogen-bond donors (Lipinski definition) is 0. The fourth-order valence-corrected chi connectivity index (χ4v) is 1.41. The van der Waals surface area contributed by atoms with Crippen molar-refractivity contribution in [3.05, 3.63) is 55.1 Å². The number of ketones is 2.